The Morgan fingerprint density at radius 2 is 2.11 bits per heavy atom. The largest absolute Gasteiger partial charge is 0.505 e. The van der Waals surface area contributed by atoms with Gasteiger partial charge in [0, 0.05) is 6.07 Å². The van der Waals surface area contributed by atoms with Crippen molar-refractivity contribution in [3.05, 3.63) is 52.2 Å². The number of hydrogen-bond donors (Lipinski definition) is 1. The van der Waals surface area contributed by atoms with Crippen molar-refractivity contribution in [1.82, 2.24) is 9.78 Å². The van der Waals surface area contributed by atoms with Crippen LogP contribution >= 0.6 is 0 Å². The van der Waals surface area contributed by atoms with Crippen LogP contribution in [-0.2, 0) is 4.74 Å². The fourth-order valence-electron chi connectivity index (χ4n) is 1.49. The molecule has 98 valence electrons. The first kappa shape index (κ1) is 12.7. The molecule has 0 amide bonds. The average Bonchev–Trinajstić information content (AvgIpc) is 2.39. The van der Waals surface area contributed by atoms with Gasteiger partial charge in [-0.1, -0.05) is 12.1 Å². The molecule has 0 unspecified atom stereocenters. The van der Waals surface area contributed by atoms with E-state index in [-0.39, 0.29) is 5.69 Å². The van der Waals surface area contributed by atoms with Gasteiger partial charge in [0.25, 0.3) is 5.56 Å². The van der Waals surface area contributed by atoms with Crippen LogP contribution in [0.15, 0.2) is 35.1 Å². The molecule has 0 fully saturated rings. The number of methoxy groups -OCH3 is 1. The highest BCUT2D eigenvalue weighted by atomic mass is 19.1. The van der Waals surface area contributed by atoms with Crippen molar-refractivity contribution in [3.8, 4) is 11.4 Å². The Hall–Kier alpha value is -2.70. The molecule has 0 radical (unpaired) electrons. The maximum absolute atomic E-state index is 13.6. The molecule has 0 saturated heterocycles. The molecule has 7 heteroatoms. The third-order valence-electron chi connectivity index (χ3n) is 2.37. The first-order valence-corrected chi connectivity index (χ1v) is 5.21. The van der Waals surface area contributed by atoms with Crippen LogP contribution in [0, 0.1) is 5.82 Å². The van der Waals surface area contributed by atoms with E-state index in [1.54, 1.807) is 0 Å². The number of aromatic nitrogens is 2. The predicted octanol–water partition coefficient (Wildman–Crippen LogP) is 0.864. The number of esters is 1. The minimum atomic E-state index is -0.928. The van der Waals surface area contributed by atoms with Crippen LogP contribution in [0.2, 0.25) is 0 Å². The molecule has 2 rings (SSSR count). The Kier molecular flexibility index (Phi) is 3.28. The summed E-state index contributed by atoms with van der Waals surface area (Å²) in [5, 5.41) is 13.1. The van der Waals surface area contributed by atoms with Crippen LogP contribution < -0.4 is 5.56 Å². The summed E-state index contributed by atoms with van der Waals surface area (Å²) in [7, 11) is 1.10. The minimum absolute atomic E-state index is 0.127. The molecule has 1 heterocycles. The molecule has 0 aliphatic heterocycles. The van der Waals surface area contributed by atoms with Crippen LogP contribution in [0.3, 0.4) is 0 Å². The molecule has 0 saturated carbocycles. The molecule has 0 aliphatic carbocycles. The molecule has 0 spiro atoms. The van der Waals surface area contributed by atoms with Crippen molar-refractivity contribution in [2.45, 2.75) is 0 Å². The molecular weight excluding hydrogens is 255 g/mol. The summed E-state index contributed by atoms with van der Waals surface area (Å²) in [4.78, 5) is 23.0. The maximum Gasteiger partial charge on any atom is 0.362 e. The average molecular weight is 264 g/mol. The summed E-state index contributed by atoms with van der Waals surface area (Å²) in [6.45, 7) is 0. The van der Waals surface area contributed by atoms with Crippen LogP contribution in [0.25, 0.3) is 5.69 Å². The number of ether oxygens (including phenoxy) is 1. The first-order chi connectivity index (χ1) is 9.04. The van der Waals surface area contributed by atoms with E-state index in [2.05, 4.69) is 9.84 Å². The zero-order valence-corrected chi connectivity index (χ0v) is 9.83. The number of benzene rings is 1. The molecule has 1 aromatic carbocycles. The second-order valence-corrected chi connectivity index (χ2v) is 3.57. The molecule has 2 aromatic rings. The number of nitrogens with zero attached hydrogens (tertiary/aromatic N) is 2. The standard InChI is InChI=1S/C12H9FN2O4/c1-19-12(18)11-9(16)6-10(17)15(14-11)8-5-3-2-4-7(8)13/h2-6,16H,1H3. The lowest BCUT2D eigenvalue weighted by molar-refractivity contribution is 0.0588. The molecule has 6 nitrogen and oxygen atoms in total. The van der Waals surface area contributed by atoms with Gasteiger partial charge >= 0.3 is 5.97 Å². The van der Waals surface area contributed by atoms with Crippen LogP contribution in [-0.4, -0.2) is 28.0 Å². The summed E-state index contributed by atoms with van der Waals surface area (Å²) in [6, 6.07) is 6.20. The Morgan fingerprint density at radius 3 is 2.74 bits per heavy atom. The smallest absolute Gasteiger partial charge is 0.362 e. The highest BCUT2D eigenvalue weighted by Gasteiger charge is 2.18. The van der Waals surface area contributed by atoms with Gasteiger partial charge in [-0.25, -0.2) is 9.18 Å². The highest BCUT2D eigenvalue weighted by Crippen LogP contribution is 2.15. The van der Waals surface area contributed by atoms with Gasteiger partial charge in [0.1, 0.15) is 11.5 Å². The van der Waals surface area contributed by atoms with Gasteiger partial charge in [-0.3, -0.25) is 4.79 Å². The van der Waals surface area contributed by atoms with Gasteiger partial charge in [0.15, 0.2) is 5.75 Å². The van der Waals surface area contributed by atoms with E-state index in [1.165, 1.54) is 18.2 Å². The second-order valence-electron chi connectivity index (χ2n) is 3.57. The van der Waals surface area contributed by atoms with Crippen LogP contribution in [0.4, 0.5) is 4.39 Å². The van der Waals surface area contributed by atoms with Crippen LogP contribution in [0.1, 0.15) is 10.5 Å². The summed E-state index contributed by atoms with van der Waals surface area (Å²) in [5.74, 6) is -2.23. The fourth-order valence-corrected chi connectivity index (χ4v) is 1.49. The lowest BCUT2D eigenvalue weighted by Gasteiger charge is -2.08. The summed E-state index contributed by atoms with van der Waals surface area (Å²) in [5.41, 5.74) is -1.36. The number of carbonyl (C=O) groups is 1. The number of carbonyl (C=O) groups excluding carboxylic acids is 1. The maximum atomic E-state index is 13.6. The molecule has 1 aromatic heterocycles. The van der Waals surface area contributed by atoms with E-state index in [0.29, 0.717) is 4.68 Å². The van der Waals surface area contributed by atoms with Gasteiger partial charge in [-0.15, -0.1) is 0 Å². The third-order valence-corrected chi connectivity index (χ3v) is 2.37. The number of aromatic hydroxyl groups is 1. The van der Waals surface area contributed by atoms with Gasteiger partial charge in [0.05, 0.1) is 7.11 Å². The number of para-hydroxylation sites is 1. The second kappa shape index (κ2) is 4.89. The van der Waals surface area contributed by atoms with E-state index in [4.69, 9.17) is 0 Å². The van der Waals surface area contributed by atoms with Gasteiger partial charge in [0.2, 0.25) is 5.69 Å². The lowest BCUT2D eigenvalue weighted by atomic mass is 10.3. The van der Waals surface area contributed by atoms with Gasteiger partial charge < -0.3 is 9.84 Å². The van der Waals surface area contributed by atoms with Crippen LogP contribution in [0.5, 0.6) is 5.75 Å². The quantitative estimate of drug-likeness (QED) is 0.814. The molecule has 19 heavy (non-hydrogen) atoms. The molecular formula is C12H9FN2O4. The minimum Gasteiger partial charge on any atom is -0.505 e. The van der Waals surface area contributed by atoms with Crippen molar-refractivity contribution < 1.29 is 19.0 Å². The van der Waals surface area contributed by atoms with Crippen molar-refractivity contribution in [2.24, 2.45) is 0 Å². The highest BCUT2D eigenvalue weighted by molar-refractivity contribution is 5.89. The molecule has 0 aliphatic rings. The van der Waals surface area contributed by atoms with E-state index in [1.807, 2.05) is 0 Å². The Bertz CT molecular complexity index is 696. The van der Waals surface area contributed by atoms with E-state index >= 15 is 0 Å². The zero-order valence-electron chi connectivity index (χ0n) is 9.83. The zero-order chi connectivity index (χ0) is 14.0. The Morgan fingerprint density at radius 1 is 1.42 bits per heavy atom. The fraction of sp³-hybridized carbons (Fsp3) is 0.0833. The number of hydrogen-bond acceptors (Lipinski definition) is 5. The Balaban J connectivity index is 2.68. The Labute approximate surface area is 106 Å². The molecule has 0 atom stereocenters. The number of rotatable bonds is 2. The van der Waals surface area contributed by atoms with E-state index < -0.39 is 28.8 Å². The topological polar surface area (TPSA) is 81.4 Å². The molecule has 0 bridgehead atoms. The van der Waals surface area contributed by atoms with Gasteiger partial charge in [-0.2, -0.15) is 9.78 Å². The lowest BCUT2D eigenvalue weighted by Crippen LogP contribution is -2.24. The van der Waals surface area contributed by atoms with E-state index in [0.717, 1.165) is 19.2 Å². The normalized spacial score (nSPS) is 10.2. The third kappa shape index (κ3) is 2.30. The summed E-state index contributed by atoms with van der Waals surface area (Å²) >= 11 is 0. The van der Waals surface area contributed by atoms with Gasteiger partial charge in [-0.05, 0) is 12.1 Å². The monoisotopic (exact) mass is 264 g/mol. The number of halogens is 1. The predicted molar refractivity (Wildman–Crippen MR) is 62.8 cm³/mol. The molecule has 1 N–H and O–H groups in total. The van der Waals surface area contributed by atoms with E-state index in [9.17, 15) is 19.1 Å². The van der Waals surface area contributed by atoms with Crippen molar-refractivity contribution in [2.75, 3.05) is 7.11 Å². The van der Waals surface area contributed by atoms with Crippen molar-refractivity contribution in [1.29, 1.82) is 0 Å². The SMILES string of the molecule is COC(=O)c1nn(-c2ccccc2F)c(=O)cc1O. The van der Waals surface area contributed by atoms with Crippen molar-refractivity contribution in [3.63, 3.8) is 0 Å². The summed E-state index contributed by atoms with van der Waals surface area (Å²) in [6.07, 6.45) is 0. The first-order valence-electron chi connectivity index (χ1n) is 5.21. The summed E-state index contributed by atoms with van der Waals surface area (Å²) < 4.78 is 18.7. The van der Waals surface area contributed by atoms with Crippen molar-refractivity contribution >= 4 is 5.97 Å².